The van der Waals surface area contributed by atoms with Gasteiger partial charge in [-0.25, -0.2) is 4.98 Å². The average molecular weight is 204 g/mol. The monoisotopic (exact) mass is 204 g/mol. The number of carbonyl (C=O) groups is 1. The van der Waals surface area contributed by atoms with Crippen LogP contribution in [0.4, 0.5) is 0 Å². The summed E-state index contributed by atoms with van der Waals surface area (Å²) < 4.78 is 0. The van der Waals surface area contributed by atoms with Crippen molar-refractivity contribution in [2.24, 2.45) is 0 Å². The van der Waals surface area contributed by atoms with Gasteiger partial charge in [0.15, 0.2) is 6.29 Å². The molecule has 0 N–H and O–H groups in total. The second-order valence-electron chi connectivity index (χ2n) is 2.85. The first kappa shape index (κ1) is 9.02. The van der Waals surface area contributed by atoms with E-state index in [1.54, 1.807) is 6.20 Å². The van der Waals surface area contributed by atoms with Crippen LogP contribution in [0, 0.1) is 6.92 Å². The van der Waals surface area contributed by atoms with E-state index in [0.29, 0.717) is 4.88 Å². The second-order valence-corrected chi connectivity index (χ2v) is 3.91. The van der Waals surface area contributed by atoms with Gasteiger partial charge in [-0.2, -0.15) is 0 Å². The van der Waals surface area contributed by atoms with E-state index < -0.39 is 0 Å². The summed E-state index contributed by atoms with van der Waals surface area (Å²) >= 11 is 1.35. The Bertz CT molecular complexity index is 465. The number of carbonyl (C=O) groups excluding carboxylic acids is 1. The van der Waals surface area contributed by atoms with E-state index in [0.717, 1.165) is 22.7 Å². The van der Waals surface area contributed by atoms with Crippen LogP contribution in [-0.4, -0.2) is 16.3 Å². The zero-order valence-electron chi connectivity index (χ0n) is 7.60. The topological polar surface area (TPSA) is 42.9 Å². The van der Waals surface area contributed by atoms with Crippen molar-refractivity contribution in [2.75, 3.05) is 0 Å². The zero-order chi connectivity index (χ0) is 9.97. The molecule has 0 fully saturated rings. The molecular formula is C10H8N2OS. The van der Waals surface area contributed by atoms with Gasteiger partial charge in [-0.05, 0) is 19.1 Å². The molecule has 0 saturated heterocycles. The molecule has 0 aliphatic carbocycles. The predicted octanol–water partition coefficient (Wildman–Crippen LogP) is 2.33. The summed E-state index contributed by atoms with van der Waals surface area (Å²) in [5, 5.41) is 0.788. The van der Waals surface area contributed by atoms with Gasteiger partial charge in [0.25, 0.3) is 0 Å². The van der Waals surface area contributed by atoms with Crippen molar-refractivity contribution in [3.63, 3.8) is 0 Å². The van der Waals surface area contributed by atoms with Gasteiger partial charge in [0.1, 0.15) is 5.01 Å². The number of thiazole rings is 1. The summed E-state index contributed by atoms with van der Waals surface area (Å²) in [6.07, 6.45) is 2.37. The Balaban J connectivity index is 2.43. The van der Waals surface area contributed by atoms with Crippen LogP contribution in [-0.2, 0) is 0 Å². The molecule has 3 nitrogen and oxygen atoms in total. The maximum atomic E-state index is 10.5. The highest BCUT2D eigenvalue weighted by atomic mass is 32.1. The maximum Gasteiger partial charge on any atom is 0.161 e. The van der Waals surface area contributed by atoms with Crippen LogP contribution in [0.3, 0.4) is 0 Å². The number of nitrogens with zero attached hydrogens (tertiary/aromatic N) is 2. The van der Waals surface area contributed by atoms with E-state index in [1.807, 2.05) is 25.1 Å². The number of aromatic nitrogens is 2. The van der Waals surface area contributed by atoms with Crippen LogP contribution in [0.5, 0.6) is 0 Å². The molecule has 0 spiro atoms. The first-order chi connectivity index (χ1) is 6.79. The van der Waals surface area contributed by atoms with Crippen LogP contribution in [0.15, 0.2) is 24.4 Å². The van der Waals surface area contributed by atoms with Gasteiger partial charge in [0, 0.05) is 11.9 Å². The molecular weight excluding hydrogens is 196 g/mol. The van der Waals surface area contributed by atoms with Crippen molar-refractivity contribution in [2.45, 2.75) is 6.92 Å². The lowest BCUT2D eigenvalue weighted by Gasteiger charge is -1.95. The van der Waals surface area contributed by atoms with Gasteiger partial charge in [-0.3, -0.25) is 9.78 Å². The van der Waals surface area contributed by atoms with Gasteiger partial charge in [0.2, 0.25) is 0 Å². The molecule has 4 heteroatoms. The maximum absolute atomic E-state index is 10.5. The SMILES string of the molecule is Cc1cccc(-c2ncc(C=O)s2)n1. The fourth-order valence-corrected chi connectivity index (χ4v) is 1.82. The molecule has 0 unspecified atom stereocenters. The third kappa shape index (κ3) is 1.70. The Hall–Kier alpha value is -1.55. The Kier molecular flexibility index (Phi) is 2.37. The van der Waals surface area contributed by atoms with Crippen LogP contribution < -0.4 is 0 Å². The first-order valence-corrected chi connectivity index (χ1v) is 4.96. The Morgan fingerprint density at radius 1 is 1.43 bits per heavy atom. The Morgan fingerprint density at radius 3 is 2.93 bits per heavy atom. The van der Waals surface area contributed by atoms with Crippen LogP contribution in [0.25, 0.3) is 10.7 Å². The van der Waals surface area contributed by atoms with Gasteiger partial charge in [-0.1, -0.05) is 6.07 Å². The summed E-state index contributed by atoms with van der Waals surface area (Å²) in [6.45, 7) is 1.93. The highest BCUT2D eigenvalue weighted by Gasteiger charge is 2.04. The normalized spacial score (nSPS) is 10.1. The van der Waals surface area contributed by atoms with Crippen molar-refractivity contribution in [1.82, 2.24) is 9.97 Å². The molecule has 2 aromatic heterocycles. The predicted molar refractivity (Wildman–Crippen MR) is 55.5 cm³/mol. The quantitative estimate of drug-likeness (QED) is 0.705. The summed E-state index contributed by atoms with van der Waals surface area (Å²) in [5.74, 6) is 0. The molecule has 0 aromatic carbocycles. The van der Waals surface area contributed by atoms with Gasteiger partial charge >= 0.3 is 0 Å². The van der Waals surface area contributed by atoms with E-state index in [1.165, 1.54) is 11.3 Å². The van der Waals surface area contributed by atoms with Crippen LogP contribution in [0.1, 0.15) is 15.4 Å². The fourth-order valence-electron chi connectivity index (χ4n) is 1.12. The van der Waals surface area contributed by atoms with Gasteiger partial charge in [0.05, 0.1) is 10.6 Å². The molecule has 0 saturated carbocycles. The minimum Gasteiger partial charge on any atom is -0.297 e. The number of aldehydes is 1. The van der Waals surface area contributed by atoms with E-state index in [9.17, 15) is 4.79 Å². The molecule has 0 radical (unpaired) electrons. The highest BCUT2D eigenvalue weighted by molar-refractivity contribution is 7.16. The largest absolute Gasteiger partial charge is 0.297 e. The third-order valence-electron chi connectivity index (χ3n) is 1.75. The van der Waals surface area contributed by atoms with Crippen molar-refractivity contribution < 1.29 is 4.79 Å². The zero-order valence-corrected chi connectivity index (χ0v) is 8.41. The third-order valence-corrected chi connectivity index (χ3v) is 2.69. The van der Waals surface area contributed by atoms with E-state index >= 15 is 0 Å². The van der Waals surface area contributed by atoms with Gasteiger partial charge < -0.3 is 0 Å². The number of aryl methyl sites for hydroxylation is 1. The molecule has 0 aliphatic rings. The van der Waals surface area contributed by atoms with Crippen LogP contribution >= 0.6 is 11.3 Å². The molecule has 2 heterocycles. The van der Waals surface area contributed by atoms with Gasteiger partial charge in [-0.15, -0.1) is 11.3 Å². The summed E-state index contributed by atoms with van der Waals surface area (Å²) in [5.41, 5.74) is 1.77. The smallest absolute Gasteiger partial charge is 0.161 e. The first-order valence-electron chi connectivity index (χ1n) is 4.14. The lowest BCUT2D eigenvalue weighted by Crippen LogP contribution is -1.84. The molecule has 14 heavy (non-hydrogen) atoms. The van der Waals surface area contributed by atoms with Crippen molar-refractivity contribution in [3.05, 3.63) is 35.0 Å². The van der Waals surface area contributed by atoms with Crippen molar-refractivity contribution in [3.8, 4) is 10.7 Å². The summed E-state index contributed by atoms with van der Waals surface area (Å²) in [6, 6.07) is 5.75. The van der Waals surface area contributed by atoms with E-state index in [-0.39, 0.29) is 0 Å². The number of pyridine rings is 1. The van der Waals surface area contributed by atoms with Crippen LogP contribution in [0.2, 0.25) is 0 Å². The molecule has 2 aromatic rings. The van der Waals surface area contributed by atoms with Crippen molar-refractivity contribution in [1.29, 1.82) is 0 Å². The standard InChI is InChI=1S/C10H8N2OS/c1-7-3-2-4-9(12-7)10-11-5-8(6-13)14-10/h2-6H,1H3. The molecule has 0 amide bonds. The number of hydrogen-bond acceptors (Lipinski definition) is 4. The number of hydrogen-bond donors (Lipinski definition) is 0. The molecule has 0 bridgehead atoms. The molecule has 0 atom stereocenters. The Labute approximate surface area is 85.5 Å². The van der Waals surface area contributed by atoms with E-state index in [4.69, 9.17) is 0 Å². The lowest BCUT2D eigenvalue weighted by atomic mass is 10.3. The minimum atomic E-state index is 0.628. The highest BCUT2D eigenvalue weighted by Crippen LogP contribution is 2.22. The molecule has 70 valence electrons. The lowest BCUT2D eigenvalue weighted by molar-refractivity contribution is 0.112. The average Bonchev–Trinajstić information content (AvgIpc) is 2.66. The number of rotatable bonds is 2. The van der Waals surface area contributed by atoms with E-state index in [2.05, 4.69) is 9.97 Å². The minimum absolute atomic E-state index is 0.628. The Morgan fingerprint density at radius 2 is 2.29 bits per heavy atom. The molecule has 2 rings (SSSR count). The fraction of sp³-hybridized carbons (Fsp3) is 0.100. The summed E-state index contributed by atoms with van der Waals surface area (Å²) in [7, 11) is 0. The second kappa shape index (κ2) is 3.67. The van der Waals surface area contributed by atoms with Crippen molar-refractivity contribution >= 4 is 17.6 Å². The molecule has 0 aliphatic heterocycles. The summed E-state index contributed by atoms with van der Waals surface area (Å²) in [4.78, 5) is 19.5.